The number of ketones is 1. The second-order valence-electron chi connectivity index (χ2n) is 4.70. The highest BCUT2D eigenvalue weighted by molar-refractivity contribution is 5.99. The van der Waals surface area contributed by atoms with E-state index in [9.17, 15) is 4.79 Å². The molecule has 0 bridgehead atoms. The number of rotatable bonds is 6. The molecule has 0 aliphatic rings. The molecule has 0 saturated heterocycles. The third kappa shape index (κ3) is 3.73. The Balaban J connectivity index is 2.53. The molecule has 1 aromatic heterocycles. The van der Waals surface area contributed by atoms with Crippen molar-refractivity contribution in [1.82, 2.24) is 4.98 Å². The molecule has 0 atom stereocenters. The Bertz CT molecular complexity index is 678. The van der Waals surface area contributed by atoms with Crippen molar-refractivity contribution >= 4 is 11.4 Å². The van der Waals surface area contributed by atoms with E-state index in [0.29, 0.717) is 18.1 Å². The molecule has 4 heteroatoms. The molecule has 22 heavy (non-hydrogen) atoms. The van der Waals surface area contributed by atoms with Crippen LogP contribution in [0.2, 0.25) is 0 Å². The molecular formula is C18H19NO3. The van der Waals surface area contributed by atoms with Crippen LogP contribution in [-0.2, 0) is 4.79 Å². The summed E-state index contributed by atoms with van der Waals surface area (Å²) < 4.78 is 10.9. The smallest absolute Gasteiger partial charge is 0.161 e. The van der Waals surface area contributed by atoms with E-state index >= 15 is 0 Å². The minimum Gasteiger partial charge on any atom is -0.493 e. The Morgan fingerprint density at radius 1 is 1.14 bits per heavy atom. The van der Waals surface area contributed by atoms with Crippen molar-refractivity contribution in [3.63, 3.8) is 0 Å². The standard InChI is InChI=1S/C18H19NO3/c1-4-22-18-12-15(5-6-17(18)21-3)16(11-13(2)20)14-7-9-19-10-8-14/h5-12H,4H2,1-3H3/b16-11+. The number of carbonyl (C=O) groups is 1. The first-order chi connectivity index (χ1) is 10.7. The highest BCUT2D eigenvalue weighted by Crippen LogP contribution is 2.33. The second kappa shape index (κ2) is 7.41. The van der Waals surface area contributed by atoms with E-state index in [4.69, 9.17) is 9.47 Å². The summed E-state index contributed by atoms with van der Waals surface area (Å²) >= 11 is 0. The van der Waals surface area contributed by atoms with Gasteiger partial charge >= 0.3 is 0 Å². The monoisotopic (exact) mass is 297 g/mol. The minimum absolute atomic E-state index is 0.0133. The number of carbonyl (C=O) groups excluding carboxylic acids is 1. The van der Waals surface area contributed by atoms with Crippen molar-refractivity contribution < 1.29 is 14.3 Å². The highest BCUT2D eigenvalue weighted by Gasteiger charge is 2.11. The Labute approximate surface area is 130 Å². The quantitative estimate of drug-likeness (QED) is 0.766. The maximum Gasteiger partial charge on any atom is 0.161 e. The first kappa shape index (κ1) is 15.8. The fourth-order valence-corrected chi connectivity index (χ4v) is 2.18. The van der Waals surface area contributed by atoms with E-state index in [1.165, 1.54) is 6.92 Å². The largest absolute Gasteiger partial charge is 0.493 e. The Morgan fingerprint density at radius 2 is 1.86 bits per heavy atom. The van der Waals surface area contributed by atoms with Crippen LogP contribution in [0.25, 0.3) is 5.57 Å². The molecule has 0 amide bonds. The van der Waals surface area contributed by atoms with Gasteiger partial charge in [-0.3, -0.25) is 9.78 Å². The second-order valence-corrected chi connectivity index (χ2v) is 4.70. The molecule has 4 nitrogen and oxygen atoms in total. The summed E-state index contributed by atoms with van der Waals surface area (Å²) in [6, 6.07) is 9.39. The minimum atomic E-state index is -0.0133. The van der Waals surface area contributed by atoms with E-state index in [0.717, 1.165) is 16.7 Å². The van der Waals surface area contributed by atoms with Gasteiger partial charge in [0, 0.05) is 12.4 Å². The lowest BCUT2D eigenvalue weighted by Gasteiger charge is -2.13. The van der Waals surface area contributed by atoms with Crippen molar-refractivity contribution in [3.8, 4) is 11.5 Å². The van der Waals surface area contributed by atoms with Gasteiger partial charge in [0.25, 0.3) is 0 Å². The van der Waals surface area contributed by atoms with Gasteiger partial charge in [0.15, 0.2) is 17.3 Å². The van der Waals surface area contributed by atoms with E-state index < -0.39 is 0 Å². The number of hydrogen-bond acceptors (Lipinski definition) is 4. The summed E-state index contributed by atoms with van der Waals surface area (Å²) in [7, 11) is 1.60. The van der Waals surface area contributed by atoms with Gasteiger partial charge in [0.05, 0.1) is 13.7 Å². The number of benzene rings is 1. The van der Waals surface area contributed by atoms with Crippen LogP contribution in [-0.4, -0.2) is 24.5 Å². The first-order valence-electron chi connectivity index (χ1n) is 7.09. The van der Waals surface area contributed by atoms with E-state index in [2.05, 4.69) is 4.98 Å². The molecular weight excluding hydrogens is 278 g/mol. The van der Waals surface area contributed by atoms with E-state index in [1.54, 1.807) is 25.6 Å². The molecule has 2 rings (SSSR count). The summed E-state index contributed by atoms with van der Waals surface area (Å²) in [5, 5.41) is 0. The van der Waals surface area contributed by atoms with Crippen molar-refractivity contribution in [2.45, 2.75) is 13.8 Å². The highest BCUT2D eigenvalue weighted by atomic mass is 16.5. The van der Waals surface area contributed by atoms with Crippen LogP contribution in [0.4, 0.5) is 0 Å². The van der Waals surface area contributed by atoms with Crippen LogP contribution < -0.4 is 9.47 Å². The van der Waals surface area contributed by atoms with Gasteiger partial charge in [-0.15, -0.1) is 0 Å². The molecule has 0 N–H and O–H groups in total. The number of aromatic nitrogens is 1. The van der Waals surface area contributed by atoms with Crippen molar-refractivity contribution in [2.75, 3.05) is 13.7 Å². The van der Waals surface area contributed by atoms with Crippen LogP contribution in [0.1, 0.15) is 25.0 Å². The number of methoxy groups -OCH3 is 1. The molecule has 0 aliphatic carbocycles. The summed E-state index contributed by atoms with van der Waals surface area (Å²) in [4.78, 5) is 15.6. The molecule has 0 fully saturated rings. The molecule has 2 aromatic rings. The topological polar surface area (TPSA) is 48.4 Å². The van der Waals surface area contributed by atoms with Gasteiger partial charge in [0.2, 0.25) is 0 Å². The number of hydrogen-bond donors (Lipinski definition) is 0. The van der Waals surface area contributed by atoms with Crippen molar-refractivity contribution in [2.24, 2.45) is 0 Å². The molecule has 0 aliphatic heterocycles. The Kier molecular flexibility index (Phi) is 5.31. The first-order valence-corrected chi connectivity index (χ1v) is 7.09. The molecule has 114 valence electrons. The molecule has 0 spiro atoms. The SMILES string of the molecule is CCOc1cc(/C(=C/C(C)=O)c2ccncc2)ccc1OC. The van der Waals surface area contributed by atoms with Gasteiger partial charge < -0.3 is 9.47 Å². The normalized spacial score (nSPS) is 11.1. The molecule has 0 radical (unpaired) electrons. The lowest BCUT2D eigenvalue weighted by atomic mass is 9.97. The summed E-state index contributed by atoms with van der Waals surface area (Å²) in [5.74, 6) is 1.31. The van der Waals surface area contributed by atoms with Crippen LogP contribution >= 0.6 is 0 Å². The predicted molar refractivity (Wildman–Crippen MR) is 86.2 cm³/mol. The van der Waals surface area contributed by atoms with Gasteiger partial charge in [-0.2, -0.15) is 0 Å². The third-order valence-corrected chi connectivity index (χ3v) is 3.11. The van der Waals surface area contributed by atoms with Crippen LogP contribution in [0.5, 0.6) is 11.5 Å². The Morgan fingerprint density at radius 3 is 2.45 bits per heavy atom. The zero-order valence-electron chi connectivity index (χ0n) is 13.0. The average molecular weight is 297 g/mol. The summed E-state index contributed by atoms with van der Waals surface area (Å²) in [5.41, 5.74) is 2.65. The lowest BCUT2D eigenvalue weighted by molar-refractivity contribution is -0.112. The number of pyridine rings is 1. The van der Waals surface area contributed by atoms with Gasteiger partial charge in [0.1, 0.15) is 0 Å². The van der Waals surface area contributed by atoms with Crippen LogP contribution in [0.3, 0.4) is 0 Å². The third-order valence-electron chi connectivity index (χ3n) is 3.11. The number of ether oxygens (including phenoxy) is 2. The van der Waals surface area contributed by atoms with Gasteiger partial charge in [-0.05, 0) is 60.9 Å². The molecule has 1 aromatic carbocycles. The maximum absolute atomic E-state index is 11.6. The van der Waals surface area contributed by atoms with Crippen molar-refractivity contribution in [1.29, 1.82) is 0 Å². The van der Waals surface area contributed by atoms with E-state index in [1.807, 2.05) is 37.3 Å². The zero-order valence-corrected chi connectivity index (χ0v) is 13.0. The van der Waals surface area contributed by atoms with Crippen LogP contribution in [0, 0.1) is 0 Å². The average Bonchev–Trinajstić information content (AvgIpc) is 2.53. The molecule has 1 heterocycles. The summed E-state index contributed by atoms with van der Waals surface area (Å²) in [6.45, 7) is 4.00. The van der Waals surface area contributed by atoms with Crippen LogP contribution in [0.15, 0.2) is 48.8 Å². The maximum atomic E-state index is 11.6. The Hall–Kier alpha value is -2.62. The van der Waals surface area contributed by atoms with Crippen molar-refractivity contribution in [3.05, 3.63) is 59.9 Å². The molecule has 0 saturated carbocycles. The van der Waals surface area contributed by atoms with Gasteiger partial charge in [-0.1, -0.05) is 6.07 Å². The molecule has 0 unspecified atom stereocenters. The predicted octanol–water partition coefficient (Wildman–Crippen LogP) is 3.51. The van der Waals surface area contributed by atoms with Gasteiger partial charge in [-0.25, -0.2) is 0 Å². The van der Waals surface area contributed by atoms with E-state index in [-0.39, 0.29) is 5.78 Å². The zero-order chi connectivity index (χ0) is 15.9. The fraction of sp³-hybridized carbons (Fsp3) is 0.222. The summed E-state index contributed by atoms with van der Waals surface area (Å²) in [6.07, 6.45) is 5.03. The number of allylic oxidation sites excluding steroid dienone is 1. The fourth-order valence-electron chi connectivity index (χ4n) is 2.18. The number of nitrogens with zero attached hydrogens (tertiary/aromatic N) is 1. The lowest BCUT2D eigenvalue weighted by Crippen LogP contribution is -1.98.